The maximum atomic E-state index is 4.36. The summed E-state index contributed by atoms with van der Waals surface area (Å²) in [5.41, 5.74) is 2.55. The van der Waals surface area contributed by atoms with Crippen LogP contribution in [0, 0.1) is 6.92 Å². The van der Waals surface area contributed by atoms with Gasteiger partial charge in [0.1, 0.15) is 5.82 Å². The molecule has 0 spiro atoms. The van der Waals surface area contributed by atoms with E-state index in [2.05, 4.69) is 61.4 Å². The number of pyridine rings is 1. The first-order valence-electron chi connectivity index (χ1n) is 6.30. The van der Waals surface area contributed by atoms with Crippen molar-refractivity contribution in [1.82, 2.24) is 4.98 Å². The molecule has 0 fully saturated rings. The fourth-order valence-corrected chi connectivity index (χ4v) is 2.10. The van der Waals surface area contributed by atoms with Crippen LogP contribution in [0.2, 0.25) is 0 Å². The van der Waals surface area contributed by atoms with Gasteiger partial charge >= 0.3 is 0 Å². The summed E-state index contributed by atoms with van der Waals surface area (Å²) in [5.74, 6) is 0.941. The first kappa shape index (κ1) is 12.6. The van der Waals surface area contributed by atoms with Gasteiger partial charge in [0.2, 0.25) is 0 Å². The number of hydrogen-bond acceptors (Lipinski definition) is 2. The molecular formula is C16H20N2. The number of anilines is 1. The predicted molar refractivity (Wildman–Crippen MR) is 76.8 cm³/mol. The van der Waals surface area contributed by atoms with Gasteiger partial charge in [0.25, 0.3) is 0 Å². The second-order valence-corrected chi connectivity index (χ2v) is 5.39. The second-order valence-electron chi connectivity index (χ2n) is 5.39. The number of nitrogens with one attached hydrogen (secondary N) is 1. The van der Waals surface area contributed by atoms with Gasteiger partial charge in [-0.1, -0.05) is 30.3 Å². The Morgan fingerprint density at radius 1 is 1.11 bits per heavy atom. The van der Waals surface area contributed by atoms with Crippen LogP contribution in [-0.2, 0) is 6.42 Å². The van der Waals surface area contributed by atoms with Crippen molar-refractivity contribution in [3.05, 3.63) is 59.8 Å². The van der Waals surface area contributed by atoms with Crippen molar-refractivity contribution in [2.75, 3.05) is 5.32 Å². The van der Waals surface area contributed by atoms with Gasteiger partial charge in [-0.25, -0.2) is 4.98 Å². The highest BCUT2D eigenvalue weighted by Crippen LogP contribution is 2.18. The first-order valence-corrected chi connectivity index (χ1v) is 6.30. The van der Waals surface area contributed by atoms with Gasteiger partial charge in [-0.3, -0.25) is 0 Å². The van der Waals surface area contributed by atoms with E-state index in [1.807, 2.05) is 18.3 Å². The molecule has 94 valence electrons. The summed E-state index contributed by atoms with van der Waals surface area (Å²) in [4.78, 5) is 4.36. The van der Waals surface area contributed by atoms with Crippen LogP contribution in [-0.4, -0.2) is 10.5 Å². The molecular weight excluding hydrogens is 220 g/mol. The molecule has 1 aromatic heterocycles. The maximum Gasteiger partial charge on any atom is 0.126 e. The third-order valence-electron chi connectivity index (χ3n) is 2.87. The molecule has 18 heavy (non-hydrogen) atoms. The zero-order valence-corrected chi connectivity index (χ0v) is 11.3. The molecule has 0 aliphatic heterocycles. The van der Waals surface area contributed by atoms with Gasteiger partial charge in [0, 0.05) is 11.7 Å². The Bertz CT molecular complexity index is 504. The molecule has 0 saturated heterocycles. The smallest absolute Gasteiger partial charge is 0.126 e. The van der Waals surface area contributed by atoms with Crippen molar-refractivity contribution in [1.29, 1.82) is 0 Å². The molecule has 0 unspecified atom stereocenters. The van der Waals surface area contributed by atoms with Crippen LogP contribution in [0.4, 0.5) is 5.82 Å². The van der Waals surface area contributed by atoms with Gasteiger partial charge in [-0.05, 0) is 50.5 Å². The lowest BCUT2D eigenvalue weighted by molar-refractivity contribution is 0.561. The van der Waals surface area contributed by atoms with Crippen molar-refractivity contribution in [3.8, 4) is 0 Å². The summed E-state index contributed by atoms with van der Waals surface area (Å²) in [6.45, 7) is 6.48. The Balaban J connectivity index is 2.07. The van der Waals surface area contributed by atoms with Crippen LogP contribution in [0.25, 0.3) is 0 Å². The van der Waals surface area contributed by atoms with Gasteiger partial charge in [-0.15, -0.1) is 0 Å². The van der Waals surface area contributed by atoms with E-state index in [1.54, 1.807) is 0 Å². The van der Waals surface area contributed by atoms with Gasteiger partial charge < -0.3 is 5.32 Å². The predicted octanol–water partition coefficient (Wildman–Crippen LogP) is 3.82. The molecule has 1 aromatic carbocycles. The lowest BCUT2D eigenvalue weighted by Crippen LogP contribution is -2.33. The number of aryl methyl sites for hydroxylation is 1. The van der Waals surface area contributed by atoms with E-state index in [-0.39, 0.29) is 5.54 Å². The fraction of sp³-hybridized carbons (Fsp3) is 0.312. The Morgan fingerprint density at radius 3 is 2.50 bits per heavy atom. The van der Waals surface area contributed by atoms with Crippen LogP contribution in [0.3, 0.4) is 0 Å². The first-order chi connectivity index (χ1) is 8.55. The minimum absolute atomic E-state index is 0.0118. The summed E-state index contributed by atoms with van der Waals surface area (Å²) < 4.78 is 0. The average Bonchev–Trinajstić information content (AvgIpc) is 2.28. The fourth-order valence-electron chi connectivity index (χ4n) is 2.10. The SMILES string of the molecule is Cc1ccnc(NC(C)(C)Cc2ccccc2)c1. The van der Waals surface area contributed by atoms with Crippen LogP contribution in [0.1, 0.15) is 25.0 Å². The Hall–Kier alpha value is -1.83. The van der Waals surface area contributed by atoms with Crippen molar-refractivity contribution in [2.24, 2.45) is 0 Å². The molecule has 0 bridgehead atoms. The lowest BCUT2D eigenvalue weighted by Gasteiger charge is -2.27. The Morgan fingerprint density at radius 2 is 1.83 bits per heavy atom. The molecule has 0 amide bonds. The van der Waals surface area contributed by atoms with Crippen molar-refractivity contribution in [3.63, 3.8) is 0 Å². The lowest BCUT2D eigenvalue weighted by atomic mass is 9.95. The van der Waals surface area contributed by atoms with E-state index in [0.29, 0.717) is 0 Å². The molecule has 0 aliphatic rings. The van der Waals surface area contributed by atoms with Crippen molar-refractivity contribution < 1.29 is 0 Å². The Labute approximate surface area is 109 Å². The van der Waals surface area contributed by atoms with E-state index in [0.717, 1.165) is 12.2 Å². The summed E-state index contributed by atoms with van der Waals surface area (Å²) in [7, 11) is 0. The molecule has 2 nitrogen and oxygen atoms in total. The number of rotatable bonds is 4. The summed E-state index contributed by atoms with van der Waals surface area (Å²) in [6, 6.07) is 14.6. The molecule has 0 aliphatic carbocycles. The van der Waals surface area contributed by atoms with Crippen LogP contribution in [0.5, 0.6) is 0 Å². The summed E-state index contributed by atoms with van der Waals surface area (Å²) in [6.07, 6.45) is 2.82. The molecule has 1 N–H and O–H groups in total. The molecule has 2 heteroatoms. The van der Waals surface area contributed by atoms with E-state index in [9.17, 15) is 0 Å². The van der Waals surface area contributed by atoms with E-state index >= 15 is 0 Å². The molecule has 2 rings (SSSR count). The third kappa shape index (κ3) is 3.59. The van der Waals surface area contributed by atoms with Crippen LogP contribution in [0.15, 0.2) is 48.7 Å². The van der Waals surface area contributed by atoms with Crippen LogP contribution >= 0.6 is 0 Å². The van der Waals surface area contributed by atoms with E-state index in [4.69, 9.17) is 0 Å². The minimum atomic E-state index is -0.0118. The number of nitrogens with zero attached hydrogens (tertiary/aromatic N) is 1. The average molecular weight is 240 g/mol. The zero-order valence-electron chi connectivity index (χ0n) is 11.3. The van der Waals surface area contributed by atoms with Gasteiger partial charge in [0.05, 0.1) is 0 Å². The monoisotopic (exact) mass is 240 g/mol. The Kier molecular flexibility index (Phi) is 3.66. The van der Waals surface area contributed by atoms with Gasteiger partial charge in [-0.2, -0.15) is 0 Å². The largest absolute Gasteiger partial charge is 0.365 e. The standard InChI is InChI=1S/C16H20N2/c1-13-9-10-17-15(11-13)18-16(2,3)12-14-7-5-4-6-8-14/h4-11H,12H2,1-3H3,(H,17,18). The third-order valence-corrected chi connectivity index (χ3v) is 2.87. The second kappa shape index (κ2) is 5.21. The van der Waals surface area contributed by atoms with E-state index in [1.165, 1.54) is 11.1 Å². The highest BCUT2D eigenvalue weighted by molar-refractivity contribution is 5.40. The number of aromatic nitrogens is 1. The van der Waals surface area contributed by atoms with E-state index < -0.39 is 0 Å². The van der Waals surface area contributed by atoms with Crippen molar-refractivity contribution >= 4 is 5.82 Å². The maximum absolute atomic E-state index is 4.36. The summed E-state index contributed by atoms with van der Waals surface area (Å²) >= 11 is 0. The van der Waals surface area contributed by atoms with Crippen LogP contribution < -0.4 is 5.32 Å². The topological polar surface area (TPSA) is 24.9 Å². The summed E-state index contributed by atoms with van der Waals surface area (Å²) in [5, 5.41) is 3.50. The number of hydrogen-bond donors (Lipinski definition) is 1. The molecule has 0 radical (unpaired) electrons. The van der Waals surface area contributed by atoms with Crippen molar-refractivity contribution in [2.45, 2.75) is 32.7 Å². The molecule has 0 saturated carbocycles. The highest BCUT2D eigenvalue weighted by atomic mass is 15.0. The quantitative estimate of drug-likeness (QED) is 0.878. The minimum Gasteiger partial charge on any atom is -0.365 e. The molecule has 2 aromatic rings. The molecule has 1 heterocycles. The highest BCUT2D eigenvalue weighted by Gasteiger charge is 2.18. The molecule has 0 atom stereocenters. The zero-order chi connectivity index (χ0) is 13.0. The van der Waals surface area contributed by atoms with Gasteiger partial charge in [0.15, 0.2) is 0 Å². The number of benzene rings is 1. The normalized spacial score (nSPS) is 11.3.